The van der Waals surface area contributed by atoms with Gasteiger partial charge in [-0.3, -0.25) is 9.59 Å². The van der Waals surface area contributed by atoms with Gasteiger partial charge < -0.3 is 10.1 Å². The van der Waals surface area contributed by atoms with Gasteiger partial charge >= 0.3 is 5.97 Å². The maximum absolute atomic E-state index is 13.3. The van der Waals surface area contributed by atoms with E-state index in [1.807, 2.05) is 55.5 Å². The standard InChI is InChI=1S/C30H24BrNO4/c1-20-12-14-23(15-13-20)29(34)32-25-18-16-24(17-19-25)30(35)36-28(26(31)21-8-4-2-5-9-21)27(33)22-10-6-3-7-11-22/h2-19,26,28H,1H3,(H,32,34)/t26-,28-/m0/s1. The van der Waals surface area contributed by atoms with E-state index < -0.39 is 16.9 Å². The lowest BCUT2D eigenvalue weighted by Gasteiger charge is -2.22. The van der Waals surface area contributed by atoms with Crippen LogP contribution in [0.1, 0.15) is 47.0 Å². The fourth-order valence-electron chi connectivity index (χ4n) is 3.61. The largest absolute Gasteiger partial charge is 0.449 e. The Morgan fingerprint density at radius 3 is 1.86 bits per heavy atom. The number of carbonyl (C=O) groups is 3. The maximum atomic E-state index is 13.3. The third-order valence-electron chi connectivity index (χ3n) is 5.63. The van der Waals surface area contributed by atoms with Gasteiger partial charge in [-0.05, 0) is 48.9 Å². The third kappa shape index (κ3) is 6.15. The van der Waals surface area contributed by atoms with Crippen molar-refractivity contribution in [3.8, 4) is 0 Å². The van der Waals surface area contributed by atoms with Gasteiger partial charge in [0.15, 0.2) is 6.10 Å². The van der Waals surface area contributed by atoms with Gasteiger partial charge in [-0.25, -0.2) is 4.79 Å². The molecular formula is C30H24BrNO4. The molecule has 1 N–H and O–H groups in total. The van der Waals surface area contributed by atoms with Crippen LogP contribution in [0.15, 0.2) is 109 Å². The zero-order chi connectivity index (χ0) is 25.5. The van der Waals surface area contributed by atoms with Crippen LogP contribution in [-0.4, -0.2) is 23.8 Å². The van der Waals surface area contributed by atoms with Crippen LogP contribution < -0.4 is 5.32 Å². The average molecular weight is 542 g/mol. The number of nitrogens with one attached hydrogen (secondary N) is 1. The van der Waals surface area contributed by atoms with Gasteiger partial charge in [0.05, 0.1) is 10.4 Å². The second-order valence-electron chi connectivity index (χ2n) is 8.27. The minimum atomic E-state index is -1.08. The summed E-state index contributed by atoms with van der Waals surface area (Å²) < 4.78 is 5.75. The molecule has 0 bridgehead atoms. The lowest BCUT2D eigenvalue weighted by atomic mass is 9.99. The van der Waals surface area contributed by atoms with Gasteiger partial charge in [0.2, 0.25) is 5.78 Å². The quantitative estimate of drug-likeness (QED) is 0.151. The van der Waals surface area contributed by atoms with Gasteiger partial charge in [-0.2, -0.15) is 0 Å². The van der Waals surface area contributed by atoms with Crippen LogP contribution in [0.5, 0.6) is 0 Å². The summed E-state index contributed by atoms with van der Waals surface area (Å²) in [4.78, 5) is 38.3. The molecule has 2 atom stereocenters. The van der Waals surface area contributed by atoms with Gasteiger partial charge in [0.25, 0.3) is 5.91 Å². The number of aryl methyl sites for hydroxylation is 1. The van der Waals surface area contributed by atoms with E-state index in [2.05, 4.69) is 21.2 Å². The summed E-state index contributed by atoms with van der Waals surface area (Å²) in [6.45, 7) is 1.95. The van der Waals surface area contributed by atoms with Gasteiger partial charge in [0, 0.05) is 16.8 Å². The molecular weight excluding hydrogens is 518 g/mol. The van der Waals surface area contributed by atoms with E-state index in [-0.39, 0.29) is 17.3 Å². The highest BCUT2D eigenvalue weighted by Gasteiger charge is 2.32. The summed E-state index contributed by atoms with van der Waals surface area (Å²) >= 11 is 3.57. The van der Waals surface area contributed by atoms with Crippen molar-refractivity contribution in [2.45, 2.75) is 17.9 Å². The van der Waals surface area contributed by atoms with E-state index in [9.17, 15) is 14.4 Å². The number of ketones is 1. The molecule has 0 unspecified atom stereocenters. The first-order valence-electron chi connectivity index (χ1n) is 11.4. The molecule has 4 aromatic rings. The SMILES string of the molecule is Cc1ccc(C(=O)Nc2ccc(C(=O)O[C@H](C(=O)c3ccccc3)[C@@H](Br)c3ccccc3)cc2)cc1. The average Bonchev–Trinajstić information content (AvgIpc) is 2.92. The number of anilines is 1. The molecule has 4 rings (SSSR count). The Bertz CT molecular complexity index is 1340. The molecule has 0 fully saturated rings. The molecule has 180 valence electrons. The van der Waals surface area contributed by atoms with Crippen molar-refractivity contribution in [1.82, 2.24) is 0 Å². The second kappa shape index (κ2) is 11.6. The summed E-state index contributed by atoms with van der Waals surface area (Å²) in [5.41, 5.74) is 3.67. The highest BCUT2D eigenvalue weighted by atomic mass is 79.9. The molecule has 0 saturated heterocycles. The number of Topliss-reactive ketones (excluding diaryl/α,β-unsaturated/α-hetero) is 1. The predicted octanol–water partition coefficient (Wildman–Crippen LogP) is 6.79. The molecule has 1 amide bonds. The van der Waals surface area contributed by atoms with Crippen LogP contribution in [0.3, 0.4) is 0 Å². The molecule has 5 nitrogen and oxygen atoms in total. The number of halogens is 1. The molecule has 0 aliphatic carbocycles. The van der Waals surface area contributed by atoms with E-state index in [1.54, 1.807) is 60.7 Å². The second-order valence-corrected chi connectivity index (χ2v) is 9.25. The van der Waals surface area contributed by atoms with E-state index in [0.717, 1.165) is 11.1 Å². The Labute approximate surface area is 218 Å². The highest BCUT2D eigenvalue weighted by molar-refractivity contribution is 9.09. The zero-order valence-corrected chi connectivity index (χ0v) is 21.1. The number of amides is 1. The number of carbonyl (C=O) groups excluding carboxylic acids is 3. The Hall–Kier alpha value is -4.03. The summed E-state index contributed by atoms with van der Waals surface area (Å²) in [6.07, 6.45) is -1.08. The number of alkyl halides is 1. The van der Waals surface area contributed by atoms with Crippen LogP contribution in [-0.2, 0) is 4.74 Å². The molecule has 36 heavy (non-hydrogen) atoms. The number of benzene rings is 4. The monoisotopic (exact) mass is 541 g/mol. The molecule has 0 aliphatic heterocycles. The minimum absolute atomic E-state index is 0.246. The molecule has 6 heteroatoms. The van der Waals surface area contributed by atoms with Gasteiger partial charge in [-0.15, -0.1) is 0 Å². The van der Waals surface area contributed by atoms with Crippen molar-refractivity contribution in [2.24, 2.45) is 0 Å². The normalized spacial score (nSPS) is 12.3. The first-order valence-corrected chi connectivity index (χ1v) is 12.3. The molecule has 0 radical (unpaired) electrons. The smallest absolute Gasteiger partial charge is 0.338 e. The van der Waals surface area contributed by atoms with Crippen LogP contribution in [0.25, 0.3) is 0 Å². The van der Waals surface area contributed by atoms with E-state index in [1.165, 1.54) is 0 Å². The van der Waals surface area contributed by atoms with Crippen molar-refractivity contribution in [2.75, 3.05) is 5.32 Å². The Morgan fingerprint density at radius 1 is 0.694 bits per heavy atom. The van der Waals surface area contributed by atoms with Gasteiger partial charge in [-0.1, -0.05) is 94.3 Å². The molecule has 0 aromatic heterocycles. The van der Waals surface area contributed by atoms with Crippen molar-refractivity contribution < 1.29 is 19.1 Å². The fourth-order valence-corrected chi connectivity index (χ4v) is 4.26. The number of rotatable bonds is 8. The highest BCUT2D eigenvalue weighted by Crippen LogP contribution is 2.31. The van der Waals surface area contributed by atoms with Crippen LogP contribution in [0.2, 0.25) is 0 Å². The molecule has 0 aliphatic rings. The predicted molar refractivity (Wildman–Crippen MR) is 144 cm³/mol. The Balaban J connectivity index is 1.50. The first kappa shape index (κ1) is 25.1. The van der Waals surface area contributed by atoms with E-state index in [4.69, 9.17) is 4.74 Å². The molecule has 0 heterocycles. The fraction of sp³-hybridized carbons (Fsp3) is 0.100. The minimum Gasteiger partial charge on any atom is -0.449 e. The summed E-state index contributed by atoms with van der Waals surface area (Å²) in [5.74, 6) is -1.19. The van der Waals surface area contributed by atoms with Crippen LogP contribution in [0, 0.1) is 6.92 Å². The van der Waals surface area contributed by atoms with Gasteiger partial charge in [0.1, 0.15) is 0 Å². The first-order chi connectivity index (χ1) is 17.4. The number of ether oxygens (including phenoxy) is 1. The zero-order valence-electron chi connectivity index (χ0n) is 19.6. The molecule has 0 spiro atoms. The van der Waals surface area contributed by atoms with Crippen molar-refractivity contribution in [3.05, 3.63) is 137 Å². The molecule has 4 aromatic carbocycles. The third-order valence-corrected chi connectivity index (χ3v) is 6.64. The number of esters is 1. The number of hydrogen-bond donors (Lipinski definition) is 1. The summed E-state index contributed by atoms with van der Waals surface area (Å²) in [6, 6.07) is 31.7. The maximum Gasteiger partial charge on any atom is 0.338 e. The van der Waals surface area contributed by atoms with E-state index >= 15 is 0 Å². The molecule has 0 saturated carbocycles. The Kier molecular flexibility index (Phi) is 8.08. The lowest BCUT2D eigenvalue weighted by molar-refractivity contribution is 0.0282. The van der Waals surface area contributed by atoms with Crippen molar-refractivity contribution >= 4 is 39.3 Å². The summed E-state index contributed by atoms with van der Waals surface area (Å²) in [7, 11) is 0. The van der Waals surface area contributed by atoms with Crippen molar-refractivity contribution in [3.63, 3.8) is 0 Å². The lowest BCUT2D eigenvalue weighted by Crippen LogP contribution is -2.31. The van der Waals surface area contributed by atoms with E-state index in [0.29, 0.717) is 16.8 Å². The topological polar surface area (TPSA) is 72.5 Å². The Morgan fingerprint density at radius 2 is 1.25 bits per heavy atom. The van der Waals surface area contributed by atoms with Crippen molar-refractivity contribution in [1.29, 1.82) is 0 Å². The number of hydrogen-bond acceptors (Lipinski definition) is 4. The summed E-state index contributed by atoms with van der Waals surface area (Å²) in [5, 5.41) is 2.81. The van der Waals surface area contributed by atoms with Crippen LogP contribution in [0.4, 0.5) is 5.69 Å². The van der Waals surface area contributed by atoms with Crippen LogP contribution >= 0.6 is 15.9 Å².